The number of hydrogen-bond acceptors (Lipinski definition) is 3. The summed E-state index contributed by atoms with van der Waals surface area (Å²) in [6, 6.07) is 0.701. The van der Waals surface area contributed by atoms with Gasteiger partial charge in [0.2, 0.25) is 0 Å². The van der Waals surface area contributed by atoms with E-state index in [9.17, 15) is 4.79 Å². The molecule has 2 saturated heterocycles. The Bertz CT molecular complexity index is 311. The average Bonchev–Trinajstić information content (AvgIpc) is 2.90. The maximum Gasteiger partial charge on any atom is 0.252 e. The first-order valence-electron chi connectivity index (χ1n) is 7.66. The lowest BCUT2D eigenvalue weighted by Gasteiger charge is -2.44. The highest BCUT2D eigenvalue weighted by Crippen LogP contribution is 2.22. The van der Waals surface area contributed by atoms with Gasteiger partial charge in [-0.1, -0.05) is 27.7 Å². The lowest BCUT2D eigenvalue weighted by Crippen LogP contribution is -2.62. The van der Waals surface area contributed by atoms with Crippen molar-refractivity contribution >= 4 is 5.91 Å². The normalized spacial score (nSPS) is 32.3. The molecule has 2 heterocycles. The molecule has 0 saturated carbocycles. The van der Waals surface area contributed by atoms with Crippen molar-refractivity contribution in [1.82, 2.24) is 10.2 Å². The molecule has 0 bridgehead atoms. The maximum atomic E-state index is 12.7. The first-order valence-corrected chi connectivity index (χ1v) is 7.66. The Labute approximate surface area is 116 Å². The van der Waals surface area contributed by atoms with E-state index in [0.717, 1.165) is 32.5 Å². The molecule has 3 unspecified atom stereocenters. The number of carbonyl (C=O) groups is 1. The van der Waals surface area contributed by atoms with Crippen LogP contribution in [0.1, 0.15) is 40.5 Å². The van der Waals surface area contributed by atoms with E-state index >= 15 is 0 Å². The van der Waals surface area contributed by atoms with Gasteiger partial charge in [0, 0.05) is 31.8 Å². The van der Waals surface area contributed by atoms with Crippen molar-refractivity contribution in [3.63, 3.8) is 0 Å². The fourth-order valence-corrected chi connectivity index (χ4v) is 3.05. The molecule has 3 atom stereocenters. The minimum Gasteiger partial charge on any atom is -0.368 e. The largest absolute Gasteiger partial charge is 0.368 e. The summed E-state index contributed by atoms with van der Waals surface area (Å²) in [5, 5.41) is 3.59. The summed E-state index contributed by atoms with van der Waals surface area (Å²) in [4.78, 5) is 14.7. The third kappa shape index (κ3) is 3.29. The summed E-state index contributed by atoms with van der Waals surface area (Å²) >= 11 is 0. The smallest absolute Gasteiger partial charge is 0.252 e. The maximum absolute atomic E-state index is 12.7. The Balaban J connectivity index is 2.08. The molecule has 2 rings (SSSR count). The standard InChI is InChI=1S/C15H28N2O2/c1-10(2)12-9-17(13(8-16-12)11(3)4)15(18)14-6-5-7-19-14/h10-14,16H,5-9H2,1-4H3. The van der Waals surface area contributed by atoms with E-state index in [1.807, 2.05) is 0 Å². The predicted octanol–water partition coefficient (Wildman–Crippen LogP) is 1.65. The van der Waals surface area contributed by atoms with Gasteiger partial charge >= 0.3 is 0 Å². The van der Waals surface area contributed by atoms with Gasteiger partial charge in [-0.05, 0) is 24.7 Å². The van der Waals surface area contributed by atoms with Gasteiger partial charge in [0.25, 0.3) is 5.91 Å². The summed E-state index contributed by atoms with van der Waals surface area (Å²) < 4.78 is 5.58. The lowest BCUT2D eigenvalue weighted by molar-refractivity contribution is -0.146. The van der Waals surface area contributed by atoms with Crippen molar-refractivity contribution in [3.05, 3.63) is 0 Å². The highest BCUT2D eigenvalue weighted by Gasteiger charge is 2.38. The van der Waals surface area contributed by atoms with Crippen LogP contribution in [0.4, 0.5) is 0 Å². The van der Waals surface area contributed by atoms with Crippen molar-refractivity contribution in [3.8, 4) is 0 Å². The molecule has 1 N–H and O–H groups in total. The zero-order valence-corrected chi connectivity index (χ0v) is 12.7. The second kappa shape index (κ2) is 6.23. The fraction of sp³-hybridized carbons (Fsp3) is 0.933. The SMILES string of the molecule is CC(C)C1CN(C(=O)C2CCCO2)C(C(C)C)CN1. The number of ether oxygens (including phenoxy) is 1. The van der Waals surface area contributed by atoms with Crippen LogP contribution in [0.2, 0.25) is 0 Å². The zero-order chi connectivity index (χ0) is 14.0. The van der Waals surface area contributed by atoms with Gasteiger partial charge in [-0.2, -0.15) is 0 Å². The predicted molar refractivity (Wildman–Crippen MR) is 75.9 cm³/mol. The zero-order valence-electron chi connectivity index (χ0n) is 12.7. The Morgan fingerprint density at radius 2 is 2.00 bits per heavy atom. The van der Waals surface area contributed by atoms with Gasteiger partial charge in [0.05, 0.1) is 0 Å². The molecular formula is C15H28N2O2. The van der Waals surface area contributed by atoms with E-state index in [1.54, 1.807) is 0 Å². The quantitative estimate of drug-likeness (QED) is 0.846. The van der Waals surface area contributed by atoms with Crippen LogP contribution in [0.25, 0.3) is 0 Å². The summed E-state index contributed by atoms with van der Waals surface area (Å²) in [6.45, 7) is 11.3. The third-order valence-electron chi connectivity index (χ3n) is 4.45. The van der Waals surface area contributed by atoms with Crippen LogP contribution in [0.3, 0.4) is 0 Å². The summed E-state index contributed by atoms with van der Waals surface area (Å²) in [7, 11) is 0. The summed E-state index contributed by atoms with van der Waals surface area (Å²) in [5.74, 6) is 1.24. The van der Waals surface area contributed by atoms with E-state index in [1.165, 1.54) is 0 Å². The number of hydrogen-bond donors (Lipinski definition) is 1. The second-order valence-corrected chi connectivity index (χ2v) is 6.56. The Kier molecular flexibility index (Phi) is 4.85. The molecule has 0 radical (unpaired) electrons. The van der Waals surface area contributed by atoms with Crippen LogP contribution in [0.5, 0.6) is 0 Å². The van der Waals surface area contributed by atoms with Crippen LogP contribution in [0, 0.1) is 11.8 Å². The number of piperazine rings is 1. The van der Waals surface area contributed by atoms with Crippen LogP contribution < -0.4 is 5.32 Å². The molecule has 19 heavy (non-hydrogen) atoms. The molecule has 2 aliphatic heterocycles. The van der Waals surface area contributed by atoms with Crippen molar-refractivity contribution < 1.29 is 9.53 Å². The third-order valence-corrected chi connectivity index (χ3v) is 4.45. The average molecular weight is 268 g/mol. The number of amides is 1. The van der Waals surface area contributed by atoms with Crippen molar-refractivity contribution in [2.24, 2.45) is 11.8 Å². The van der Waals surface area contributed by atoms with E-state index < -0.39 is 0 Å². The fourth-order valence-electron chi connectivity index (χ4n) is 3.05. The van der Waals surface area contributed by atoms with Crippen LogP contribution in [-0.4, -0.2) is 48.7 Å². The minimum atomic E-state index is -0.188. The van der Waals surface area contributed by atoms with Crippen molar-refractivity contribution in [1.29, 1.82) is 0 Å². The highest BCUT2D eigenvalue weighted by molar-refractivity contribution is 5.81. The van der Waals surface area contributed by atoms with Gasteiger partial charge < -0.3 is 15.0 Å². The molecule has 2 fully saturated rings. The molecule has 110 valence electrons. The van der Waals surface area contributed by atoms with Crippen LogP contribution >= 0.6 is 0 Å². The Morgan fingerprint density at radius 3 is 2.53 bits per heavy atom. The minimum absolute atomic E-state index is 0.188. The van der Waals surface area contributed by atoms with Gasteiger partial charge in [0.1, 0.15) is 6.10 Å². The molecule has 0 aromatic heterocycles. The molecule has 1 amide bonds. The van der Waals surface area contributed by atoms with Gasteiger partial charge in [-0.15, -0.1) is 0 Å². The molecular weight excluding hydrogens is 240 g/mol. The Hall–Kier alpha value is -0.610. The molecule has 0 spiro atoms. The lowest BCUT2D eigenvalue weighted by atomic mass is 9.93. The molecule has 2 aliphatic rings. The summed E-state index contributed by atoms with van der Waals surface area (Å²) in [6.07, 6.45) is 1.72. The first kappa shape index (κ1) is 14.8. The highest BCUT2D eigenvalue weighted by atomic mass is 16.5. The Morgan fingerprint density at radius 1 is 1.26 bits per heavy atom. The molecule has 4 heteroatoms. The number of rotatable bonds is 3. The van der Waals surface area contributed by atoms with E-state index in [0.29, 0.717) is 23.9 Å². The van der Waals surface area contributed by atoms with Gasteiger partial charge in [-0.3, -0.25) is 4.79 Å². The van der Waals surface area contributed by atoms with Crippen molar-refractivity contribution in [2.75, 3.05) is 19.7 Å². The van der Waals surface area contributed by atoms with Crippen LogP contribution in [-0.2, 0) is 9.53 Å². The van der Waals surface area contributed by atoms with Crippen molar-refractivity contribution in [2.45, 2.75) is 58.7 Å². The first-order chi connectivity index (χ1) is 9.00. The monoisotopic (exact) mass is 268 g/mol. The van der Waals surface area contributed by atoms with E-state index in [4.69, 9.17) is 4.74 Å². The molecule has 0 aromatic rings. The topological polar surface area (TPSA) is 41.6 Å². The molecule has 0 aromatic carbocycles. The number of nitrogens with zero attached hydrogens (tertiary/aromatic N) is 1. The second-order valence-electron chi connectivity index (χ2n) is 6.56. The van der Waals surface area contributed by atoms with Gasteiger partial charge in [0.15, 0.2) is 0 Å². The summed E-state index contributed by atoms with van der Waals surface area (Å²) in [5.41, 5.74) is 0. The van der Waals surface area contributed by atoms with Crippen LogP contribution in [0.15, 0.2) is 0 Å². The number of nitrogens with one attached hydrogen (secondary N) is 1. The van der Waals surface area contributed by atoms with E-state index in [2.05, 4.69) is 37.9 Å². The molecule has 0 aliphatic carbocycles. The van der Waals surface area contributed by atoms with E-state index in [-0.39, 0.29) is 12.0 Å². The molecule has 4 nitrogen and oxygen atoms in total. The van der Waals surface area contributed by atoms with Gasteiger partial charge in [-0.25, -0.2) is 0 Å². The number of carbonyl (C=O) groups excluding carboxylic acids is 1.